The van der Waals surface area contributed by atoms with Crippen LogP contribution in [0, 0.1) is 41.5 Å². The van der Waals surface area contributed by atoms with Gasteiger partial charge in [-0.15, -0.1) is 0 Å². The van der Waals surface area contributed by atoms with Crippen LogP contribution in [0.3, 0.4) is 0 Å². The highest BCUT2D eigenvalue weighted by Gasteiger charge is 2.34. The van der Waals surface area contributed by atoms with Gasteiger partial charge >= 0.3 is 0 Å². The molecule has 364 valence electrons. The Bertz CT molecular complexity index is 4590. The number of para-hydroxylation sites is 4. The Hall–Kier alpha value is -9.12. The topological polar surface area (TPSA) is 15.3 Å². The normalized spacial score (nSPS) is 13.1. The number of anilines is 6. The average Bonchev–Trinajstić information content (AvgIpc) is 4.38. The summed E-state index contributed by atoms with van der Waals surface area (Å²) in [5.74, 6) is 0. The Kier molecular flexibility index (Phi) is 9.75. The fourth-order valence-corrected chi connectivity index (χ4v) is 13.4. The van der Waals surface area contributed by atoms with Gasteiger partial charge in [-0.05, 0) is 172 Å². The third-order valence-corrected chi connectivity index (χ3v) is 17.3. The number of aryl methyl sites for hydroxylation is 4. The number of rotatable bonds is 8. The van der Waals surface area contributed by atoms with Crippen LogP contribution < -0.4 is 9.80 Å². The van der Waals surface area contributed by atoms with Crippen molar-refractivity contribution in [1.29, 1.82) is 0 Å². The van der Waals surface area contributed by atoms with E-state index in [2.05, 4.69) is 266 Å². The smallest absolute Gasteiger partial charge is 0.0642 e. The molecule has 1 aliphatic rings. The number of aromatic nitrogens is 2. The molecule has 76 heavy (non-hydrogen) atoms. The van der Waals surface area contributed by atoms with Crippen LogP contribution in [0.1, 0.15) is 51.8 Å². The average molecular weight is 977 g/mol. The van der Waals surface area contributed by atoms with Crippen LogP contribution in [0.25, 0.3) is 92.9 Å². The number of benzene rings is 10. The summed E-state index contributed by atoms with van der Waals surface area (Å²) in [7, 11) is 0. The Labute approximate surface area is 443 Å². The van der Waals surface area contributed by atoms with Crippen LogP contribution in [0.5, 0.6) is 0 Å². The first-order chi connectivity index (χ1) is 37.3. The number of allylic oxidation sites excluding steroid dienone is 4. The van der Waals surface area contributed by atoms with Crippen molar-refractivity contribution < 1.29 is 0 Å². The Balaban J connectivity index is 1.16. The van der Waals surface area contributed by atoms with Crippen LogP contribution in [0.4, 0.5) is 34.1 Å². The number of hydrogen-bond donors (Lipinski definition) is 0. The van der Waals surface area contributed by atoms with Crippen molar-refractivity contribution in [1.82, 2.24) is 8.80 Å². The van der Waals surface area contributed by atoms with Gasteiger partial charge in [0.1, 0.15) is 0 Å². The highest BCUT2D eigenvalue weighted by atomic mass is 15.2. The van der Waals surface area contributed by atoms with E-state index >= 15 is 0 Å². The lowest BCUT2D eigenvalue weighted by Crippen LogP contribution is -2.11. The zero-order valence-corrected chi connectivity index (χ0v) is 43.8. The molecule has 4 aromatic heterocycles. The monoisotopic (exact) mass is 976 g/mol. The van der Waals surface area contributed by atoms with Crippen molar-refractivity contribution in [3.63, 3.8) is 0 Å². The second kappa shape index (κ2) is 16.7. The van der Waals surface area contributed by atoms with Crippen molar-refractivity contribution in [2.24, 2.45) is 0 Å². The zero-order valence-electron chi connectivity index (χ0n) is 43.8. The summed E-state index contributed by atoms with van der Waals surface area (Å²) in [4.78, 5) is 5.00. The summed E-state index contributed by atoms with van der Waals surface area (Å²) in [5.41, 5.74) is 27.4. The largest absolute Gasteiger partial charge is 0.310 e. The summed E-state index contributed by atoms with van der Waals surface area (Å²) in [6, 6.07) is 70.7. The van der Waals surface area contributed by atoms with Crippen LogP contribution in [0.2, 0.25) is 0 Å². The maximum atomic E-state index is 2.67. The standard InChI is InChI=1S/C72H56N4/c1-43-39-53(40-44(2)47(43)5)73(51-27-15-9-16-28-51)61-37-35-57-67-63(49-23-11-7-12-24-49)72-68(64(50-25-13-8-14-26-50)71(67)75-59-33-21-19-31-55(59)65(61)69(57)75)58-36-38-62(66-56-32-20-22-34-60(56)76(72)70(58)66)74(52-29-17-10-18-30-52)54-41-45(3)48(6)46(4)42-54/h7-13,15-25,27-42H,14,26H2,1-6H3. The molecule has 0 spiro atoms. The molecule has 0 saturated heterocycles. The van der Waals surface area contributed by atoms with Crippen molar-refractivity contribution in [2.75, 3.05) is 9.80 Å². The van der Waals surface area contributed by atoms with E-state index in [1.165, 1.54) is 143 Å². The van der Waals surface area contributed by atoms with E-state index < -0.39 is 0 Å². The minimum Gasteiger partial charge on any atom is -0.310 e. The van der Waals surface area contributed by atoms with Gasteiger partial charge in [-0.1, -0.05) is 133 Å². The van der Waals surface area contributed by atoms with Gasteiger partial charge in [0.05, 0.1) is 44.5 Å². The first kappa shape index (κ1) is 44.4. The van der Waals surface area contributed by atoms with Crippen LogP contribution in [-0.2, 0) is 0 Å². The predicted octanol–water partition coefficient (Wildman–Crippen LogP) is 20.2. The van der Waals surface area contributed by atoms with E-state index in [9.17, 15) is 0 Å². The SMILES string of the molecule is Cc1cc(N(c2ccccc2)c2ccc3c4c(-c5ccccc5)c5c(c(C6=CC=CCC6)c4n4c6ccccc6c2c34)c2ccc(N(c3ccccc3)c3cc(C)c(C)c(C)c3)c3c4ccccc4n5c23)cc(C)c1C. The maximum Gasteiger partial charge on any atom is 0.0642 e. The van der Waals surface area contributed by atoms with Gasteiger partial charge in [0.15, 0.2) is 0 Å². The molecule has 14 aromatic rings. The molecule has 4 heteroatoms. The molecule has 1 aliphatic carbocycles. The Morgan fingerprint density at radius 2 is 0.789 bits per heavy atom. The van der Waals surface area contributed by atoms with Crippen molar-refractivity contribution in [2.45, 2.75) is 54.4 Å². The lowest BCUT2D eigenvalue weighted by atomic mass is 9.87. The molecule has 0 unspecified atom stereocenters. The molecule has 15 rings (SSSR count). The van der Waals surface area contributed by atoms with E-state index in [1.807, 2.05) is 0 Å². The van der Waals surface area contributed by atoms with Crippen molar-refractivity contribution in [3.8, 4) is 11.1 Å². The summed E-state index contributed by atoms with van der Waals surface area (Å²) >= 11 is 0. The second-order valence-electron chi connectivity index (χ2n) is 21.4. The second-order valence-corrected chi connectivity index (χ2v) is 21.4. The maximum absolute atomic E-state index is 2.67. The molecule has 10 aromatic carbocycles. The highest BCUT2D eigenvalue weighted by Crippen LogP contribution is 2.57. The summed E-state index contributed by atoms with van der Waals surface area (Å²) in [5, 5.41) is 10.1. The fraction of sp³-hybridized carbons (Fsp3) is 0.111. The van der Waals surface area contributed by atoms with E-state index in [4.69, 9.17) is 0 Å². The van der Waals surface area contributed by atoms with Gasteiger partial charge in [-0.25, -0.2) is 0 Å². The van der Waals surface area contributed by atoms with E-state index in [0.29, 0.717) is 0 Å². The van der Waals surface area contributed by atoms with Crippen LogP contribution >= 0.6 is 0 Å². The molecular formula is C72H56N4. The van der Waals surface area contributed by atoms with Crippen molar-refractivity contribution in [3.05, 3.63) is 245 Å². The molecule has 0 aliphatic heterocycles. The fourth-order valence-electron chi connectivity index (χ4n) is 13.4. The van der Waals surface area contributed by atoms with Gasteiger partial charge in [-0.3, -0.25) is 0 Å². The van der Waals surface area contributed by atoms with Crippen LogP contribution in [-0.4, -0.2) is 8.80 Å². The van der Waals surface area contributed by atoms with Gasteiger partial charge in [-0.2, -0.15) is 0 Å². The zero-order chi connectivity index (χ0) is 51.1. The van der Waals surface area contributed by atoms with Gasteiger partial charge in [0.2, 0.25) is 0 Å². The first-order valence-electron chi connectivity index (χ1n) is 26.9. The Morgan fingerprint density at radius 1 is 0.368 bits per heavy atom. The molecule has 0 saturated carbocycles. The molecule has 4 heterocycles. The molecule has 0 radical (unpaired) electrons. The van der Waals surface area contributed by atoms with E-state index in [-0.39, 0.29) is 0 Å². The minimum absolute atomic E-state index is 0.947. The molecule has 0 amide bonds. The number of fused-ring (bicyclic) bond motifs is 12. The lowest BCUT2D eigenvalue weighted by molar-refractivity contribution is 1.06. The number of hydrogen-bond acceptors (Lipinski definition) is 2. The molecular weight excluding hydrogens is 921 g/mol. The number of nitrogens with zero attached hydrogens (tertiary/aromatic N) is 4. The Morgan fingerprint density at radius 3 is 1.25 bits per heavy atom. The van der Waals surface area contributed by atoms with Gasteiger partial charge in [0.25, 0.3) is 0 Å². The minimum atomic E-state index is 0.947. The van der Waals surface area contributed by atoms with Crippen LogP contribution in [0.15, 0.2) is 206 Å². The third kappa shape index (κ3) is 6.19. The first-order valence-corrected chi connectivity index (χ1v) is 26.9. The molecule has 0 N–H and O–H groups in total. The summed E-state index contributed by atoms with van der Waals surface area (Å²) < 4.78 is 5.33. The summed E-state index contributed by atoms with van der Waals surface area (Å²) in [6.07, 6.45) is 8.97. The predicted molar refractivity (Wildman–Crippen MR) is 325 cm³/mol. The molecule has 0 fully saturated rings. The molecule has 4 nitrogen and oxygen atoms in total. The molecule has 0 bridgehead atoms. The summed E-state index contributed by atoms with van der Waals surface area (Å²) in [6.45, 7) is 13.5. The van der Waals surface area contributed by atoms with Gasteiger partial charge in [0, 0.05) is 77.0 Å². The van der Waals surface area contributed by atoms with Gasteiger partial charge < -0.3 is 18.6 Å². The third-order valence-electron chi connectivity index (χ3n) is 17.3. The molecule has 0 atom stereocenters. The van der Waals surface area contributed by atoms with E-state index in [1.54, 1.807) is 0 Å². The van der Waals surface area contributed by atoms with Crippen molar-refractivity contribution >= 4 is 116 Å². The quantitative estimate of drug-likeness (QED) is 0.151. The van der Waals surface area contributed by atoms with E-state index in [0.717, 1.165) is 35.6 Å². The lowest BCUT2D eigenvalue weighted by Gasteiger charge is -2.28. The highest BCUT2D eigenvalue weighted by molar-refractivity contribution is 6.38.